The Morgan fingerprint density at radius 3 is 2.54 bits per heavy atom. The molecule has 1 N–H and O–H groups in total. The van der Waals surface area contributed by atoms with E-state index < -0.39 is 21.7 Å². The fraction of sp³-hybridized carbons (Fsp3) is 0.588. The lowest BCUT2D eigenvalue weighted by Gasteiger charge is -2.26. The summed E-state index contributed by atoms with van der Waals surface area (Å²) in [6.45, 7) is 4.85. The minimum absolute atomic E-state index is 0.0425. The van der Waals surface area contributed by atoms with Crippen molar-refractivity contribution in [3.05, 3.63) is 29.6 Å². The molecule has 0 spiro atoms. The molecule has 1 amide bonds. The minimum Gasteiger partial charge on any atom is -0.379 e. The first-order chi connectivity index (χ1) is 12.5. The van der Waals surface area contributed by atoms with Gasteiger partial charge in [0.05, 0.1) is 23.7 Å². The third kappa shape index (κ3) is 4.40. The smallest absolute Gasteiger partial charge is 0.254 e. The van der Waals surface area contributed by atoms with E-state index in [2.05, 4.69) is 10.2 Å². The second-order valence-corrected chi connectivity index (χ2v) is 8.40. The number of carbonyl (C=O) groups is 1. The molecule has 2 saturated heterocycles. The van der Waals surface area contributed by atoms with E-state index in [0.717, 1.165) is 38.1 Å². The van der Waals surface area contributed by atoms with E-state index in [1.165, 1.54) is 10.4 Å². The standard InChI is InChI=1S/C17H24FN3O4S/c18-16-4-3-14(26(23,24)21-6-1-2-7-21)13-15(16)17(22)19-5-8-20-9-11-25-12-10-20/h3-4,13H,1-2,5-12H2,(H,19,22). The van der Waals surface area contributed by atoms with Crippen LogP contribution in [0.5, 0.6) is 0 Å². The van der Waals surface area contributed by atoms with E-state index >= 15 is 0 Å². The number of nitrogens with zero attached hydrogens (tertiary/aromatic N) is 2. The third-order valence-corrected chi connectivity index (χ3v) is 6.60. The van der Waals surface area contributed by atoms with Crippen molar-refractivity contribution in [2.24, 2.45) is 0 Å². The fourth-order valence-electron chi connectivity index (χ4n) is 3.16. The number of carbonyl (C=O) groups excluding carboxylic acids is 1. The van der Waals surface area contributed by atoms with Gasteiger partial charge in [0.2, 0.25) is 10.0 Å². The molecule has 0 saturated carbocycles. The second-order valence-electron chi connectivity index (χ2n) is 6.46. The summed E-state index contributed by atoms with van der Waals surface area (Å²) in [5, 5.41) is 2.67. The summed E-state index contributed by atoms with van der Waals surface area (Å²) >= 11 is 0. The SMILES string of the molecule is O=C(NCCN1CCOCC1)c1cc(S(=O)(=O)N2CCCC2)ccc1F. The zero-order chi connectivity index (χ0) is 18.6. The summed E-state index contributed by atoms with van der Waals surface area (Å²) in [4.78, 5) is 14.4. The molecule has 7 nitrogen and oxygen atoms in total. The number of nitrogens with one attached hydrogen (secondary N) is 1. The van der Waals surface area contributed by atoms with Gasteiger partial charge in [0.15, 0.2) is 0 Å². The van der Waals surface area contributed by atoms with Crippen LogP contribution in [0.4, 0.5) is 4.39 Å². The Kier molecular flexibility index (Phi) is 6.23. The van der Waals surface area contributed by atoms with Gasteiger partial charge in [-0.05, 0) is 31.0 Å². The lowest BCUT2D eigenvalue weighted by molar-refractivity contribution is 0.0383. The van der Waals surface area contributed by atoms with E-state index in [4.69, 9.17) is 4.74 Å². The number of morpholine rings is 1. The van der Waals surface area contributed by atoms with Crippen molar-refractivity contribution in [1.82, 2.24) is 14.5 Å². The monoisotopic (exact) mass is 385 g/mol. The van der Waals surface area contributed by atoms with Crippen molar-refractivity contribution in [3.8, 4) is 0 Å². The molecule has 2 aliphatic heterocycles. The Hall–Kier alpha value is -1.55. The molecule has 2 fully saturated rings. The van der Waals surface area contributed by atoms with Crippen molar-refractivity contribution in [2.75, 3.05) is 52.5 Å². The number of rotatable bonds is 6. The van der Waals surface area contributed by atoms with Gasteiger partial charge in [0, 0.05) is 39.3 Å². The first-order valence-electron chi connectivity index (χ1n) is 8.86. The van der Waals surface area contributed by atoms with Gasteiger partial charge in [-0.2, -0.15) is 4.31 Å². The Morgan fingerprint density at radius 2 is 1.85 bits per heavy atom. The highest BCUT2D eigenvalue weighted by atomic mass is 32.2. The number of halogens is 1. The maximum atomic E-state index is 14.1. The molecule has 9 heteroatoms. The Labute approximate surface area is 153 Å². The number of benzene rings is 1. The third-order valence-electron chi connectivity index (χ3n) is 4.70. The Morgan fingerprint density at radius 1 is 1.15 bits per heavy atom. The fourth-order valence-corrected chi connectivity index (χ4v) is 4.71. The van der Waals surface area contributed by atoms with Crippen molar-refractivity contribution in [3.63, 3.8) is 0 Å². The van der Waals surface area contributed by atoms with Crippen molar-refractivity contribution >= 4 is 15.9 Å². The first-order valence-corrected chi connectivity index (χ1v) is 10.3. The summed E-state index contributed by atoms with van der Waals surface area (Å²) in [7, 11) is -3.68. The molecule has 1 aromatic rings. The number of hydrogen-bond donors (Lipinski definition) is 1. The molecule has 26 heavy (non-hydrogen) atoms. The van der Waals surface area contributed by atoms with Gasteiger partial charge in [-0.1, -0.05) is 0 Å². The lowest BCUT2D eigenvalue weighted by Crippen LogP contribution is -2.41. The van der Waals surface area contributed by atoms with Crippen LogP contribution in [0.1, 0.15) is 23.2 Å². The molecule has 0 aromatic heterocycles. The van der Waals surface area contributed by atoms with Gasteiger partial charge in [-0.3, -0.25) is 9.69 Å². The number of amides is 1. The summed E-state index contributed by atoms with van der Waals surface area (Å²) in [6.07, 6.45) is 1.63. The minimum atomic E-state index is -3.68. The first kappa shape index (κ1) is 19.2. The number of hydrogen-bond acceptors (Lipinski definition) is 5. The van der Waals surface area contributed by atoms with Gasteiger partial charge in [-0.15, -0.1) is 0 Å². The zero-order valence-electron chi connectivity index (χ0n) is 14.6. The molecule has 0 bridgehead atoms. The van der Waals surface area contributed by atoms with Crippen LogP contribution in [-0.2, 0) is 14.8 Å². The average molecular weight is 385 g/mol. The highest BCUT2D eigenvalue weighted by Crippen LogP contribution is 2.22. The van der Waals surface area contributed by atoms with Gasteiger partial charge in [0.25, 0.3) is 5.91 Å². The van der Waals surface area contributed by atoms with Gasteiger partial charge in [0.1, 0.15) is 5.82 Å². The van der Waals surface area contributed by atoms with Crippen LogP contribution in [0, 0.1) is 5.82 Å². The molecule has 0 radical (unpaired) electrons. The zero-order valence-corrected chi connectivity index (χ0v) is 15.4. The van der Waals surface area contributed by atoms with Crippen LogP contribution in [-0.4, -0.2) is 76.0 Å². The van der Waals surface area contributed by atoms with Gasteiger partial charge >= 0.3 is 0 Å². The molecular weight excluding hydrogens is 361 g/mol. The quantitative estimate of drug-likeness (QED) is 0.779. The highest BCUT2D eigenvalue weighted by Gasteiger charge is 2.28. The van der Waals surface area contributed by atoms with E-state index in [1.54, 1.807) is 0 Å². The molecule has 0 aliphatic carbocycles. The molecule has 0 unspecified atom stereocenters. The predicted octanol–water partition coefficient (Wildman–Crippen LogP) is 0.672. The van der Waals surface area contributed by atoms with E-state index in [-0.39, 0.29) is 10.5 Å². The van der Waals surface area contributed by atoms with E-state index in [0.29, 0.717) is 39.4 Å². The molecule has 3 rings (SSSR count). The molecule has 0 atom stereocenters. The summed E-state index contributed by atoms with van der Waals surface area (Å²) in [6, 6.07) is 3.39. The Bertz CT molecular complexity index is 744. The normalized spacial score (nSPS) is 19.6. The van der Waals surface area contributed by atoms with Crippen LogP contribution in [0.25, 0.3) is 0 Å². The molecule has 1 aromatic carbocycles. The number of sulfonamides is 1. The molecular formula is C17H24FN3O4S. The predicted molar refractivity (Wildman–Crippen MR) is 94.0 cm³/mol. The molecule has 144 valence electrons. The second kappa shape index (κ2) is 8.43. The summed E-state index contributed by atoms with van der Waals surface area (Å²) < 4.78 is 45.9. The van der Waals surface area contributed by atoms with Crippen LogP contribution >= 0.6 is 0 Å². The molecule has 2 aliphatic rings. The van der Waals surface area contributed by atoms with Crippen LogP contribution in [0.2, 0.25) is 0 Å². The average Bonchev–Trinajstić information content (AvgIpc) is 3.18. The van der Waals surface area contributed by atoms with Crippen LogP contribution in [0.3, 0.4) is 0 Å². The Balaban J connectivity index is 1.65. The van der Waals surface area contributed by atoms with Crippen molar-refractivity contribution < 1.29 is 22.3 Å². The van der Waals surface area contributed by atoms with Gasteiger partial charge in [-0.25, -0.2) is 12.8 Å². The van der Waals surface area contributed by atoms with E-state index in [1.807, 2.05) is 0 Å². The van der Waals surface area contributed by atoms with Crippen LogP contribution in [0.15, 0.2) is 23.1 Å². The molecule has 2 heterocycles. The van der Waals surface area contributed by atoms with Gasteiger partial charge < -0.3 is 10.1 Å². The summed E-state index contributed by atoms with van der Waals surface area (Å²) in [5.74, 6) is -1.33. The topological polar surface area (TPSA) is 79.0 Å². The maximum Gasteiger partial charge on any atom is 0.254 e. The largest absolute Gasteiger partial charge is 0.379 e. The number of ether oxygens (including phenoxy) is 1. The lowest BCUT2D eigenvalue weighted by atomic mass is 10.2. The van der Waals surface area contributed by atoms with Crippen molar-refractivity contribution in [2.45, 2.75) is 17.7 Å². The van der Waals surface area contributed by atoms with Crippen molar-refractivity contribution in [1.29, 1.82) is 0 Å². The summed E-state index contributed by atoms with van der Waals surface area (Å²) in [5.41, 5.74) is -0.243. The van der Waals surface area contributed by atoms with Crippen LogP contribution < -0.4 is 5.32 Å². The maximum absolute atomic E-state index is 14.1. The highest BCUT2D eigenvalue weighted by molar-refractivity contribution is 7.89. The van der Waals surface area contributed by atoms with E-state index in [9.17, 15) is 17.6 Å².